The minimum Gasteiger partial charge on any atom is -0.478 e. The molecule has 0 aromatic heterocycles. The van der Waals surface area contributed by atoms with E-state index in [1.54, 1.807) is 13.8 Å². The van der Waals surface area contributed by atoms with Gasteiger partial charge < -0.3 is 15.5 Å². The average Bonchev–Trinajstić information content (AvgIpc) is 2.44. The van der Waals surface area contributed by atoms with E-state index >= 15 is 0 Å². The monoisotopic (exact) mass is 300 g/mol. The zero-order valence-corrected chi connectivity index (χ0v) is 11.7. The fourth-order valence-electron chi connectivity index (χ4n) is 1.95. The average molecular weight is 300 g/mol. The van der Waals surface area contributed by atoms with Crippen molar-refractivity contribution < 1.29 is 24.3 Å². The Morgan fingerprint density at radius 2 is 2.00 bits per heavy atom. The molecule has 7 nitrogen and oxygen atoms in total. The third-order valence-electron chi connectivity index (χ3n) is 3.57. The highest BCUT2D eigenvalue weighted by Gasteiger charge is 2.30. The molecular weight excluding hydrogens is 283 g/mol. The molecule has 0 heterocycles. The topological polar surface area (TPSA) is 113 Å². The molecule has 21 heavy (non-hydrogen) atoms. The summed E-state index contributed by atoms with van der Waals surface area (Å²) < 4.78 is 13.7. The molecule has 0 aliphatic rings. The van der Waals surface area contributed by atoms with Gasteiger partial charge in [0.1, 0.15) is 17.1 Å². The standard InChI is InChI=1S/C13H17FN2O5/c1-3-13(4-2,7-17)15-10-6-9(14)8(12(18)19)5-11(10)16(20)21/h5-6,15,17H,3-4,7H2,1-2H3,(H,18,19). The number of benzene rings is 1. The Morgan fingerprint density at radius 1 is 1.43 bits per heavy atom. The molecule has 1 aromatic rings. The molecule has 0 atom stereocenters. The number of nitro benzene ring substituents is 1. The Balaban J connectivity index is 3.38. The van der Waals surface area contributed by atoms with Gasteiger partial charge in [0.25, 0.3) is 5.69 Å². The molecular formula is C13H17FN2O5. The summed E-state index contributed by atoms with van der Waals surface area (Å²) in [4.78, 5) is 21.1. The number of halogens is 1. The van der Waals surface area contributed by atoms with Crippen molar-refractivity contribution >= 4 is 17.3 Å². The number of hydrogen-bond acceptors (Lipinski definition) is 5. The first-order valence-electron chi connectivity index (χ1n) is 6.40. The summed E-state index contributed by atoms with van der Waals surface area (Å²) in [7, 11) is 0. The van der Waals surface area contributed by atoms with Crippen molar-refractivity contribution in [1.82, 2.24) is 0 Å². The quantitative estimate of drug-likeness (QED) is 0.526. The first-order valence-corrected chi connectivity index (χ1v) is 6.40. The minimum absolute atomic E-state index is 0.153. The van der Waals surface area contributed by atoms with Gasteiger partial charge in [-0.25, -0.2) is 9.18 Å². The number of nitro groups is 1. The van der Waals surface area contributed by atoms with Crippen molar-refractivity contribution in [3.05, 3.63) is 33.6 Å². The number of aromatic carboxylic acids is 1. The van der Waals surface area contributed by atoms with E-state index in [-0.39, 0.29) is 12.3 Å². The van der Waals surface area contributed by atoms with E-state index in [0.29, 0.717) is 18.9 Å². The van der Waals surface area contributed by atoms with Gasteiger partial charge in [-0.2, -0.15) is 0 Å². The molecule has 0 saturated heterocycles. The van der Waals surface area contributed by atoms with E-state index in [1.807, 2.05) is 0 Å². The molecule has 3 N–H and O–H groups in total. The summed E-state index contributed by atoms with van der Waals surface area (Å²) >= 11 is 0. The van der Waals surface area contributed by atoms with Crippen LogP contribution in [0.3, 0.4) is 0 Å². The van der Waals surface area contributed by atoms with Crippen LogP contribution >= 0.6 is 0 Å². The number of carboxylic acids is 1. The van der Waals surface area contributed by atoms with Gasteiger partial charge >= 0.3 is 5.97 Å². The molecule has 0 aliphatic carbocycles. The summed E-state index contributed by atoms with van der Waals surface area (Å²) in [6.45, 7) is 3.26. The van der Waals surface area contributed by atoms with E-state index in [2.05, 4.69) is 5.32 Å². The number of aliphatic hydroxyl groups is 1. The van der Waals surface area contributed by atoms with Gasteiger partial charge in [-0.15, -0.1) is 0 Å². The maximum Gasteiger partial charge on any atom is 0.338 e. The number of aliphatic hydroxyl groups excluding tert-OH is 1. The smallest absolute Gasteiger partial charge is 0.338 e. The lowest BCUT2D eigenvalue weighted by Gasteiger charge is -2.31. The second-order valence-electron chi connectivity index (χ2n) is 4.68. The Bertz CT molecular complexity index is 549. The highest BCUT2D eigenvalue weighted by molar-refractivity contribution is 5.90. The van der Waals surface area contributed by atoms with Crippen molar-refractivity contribution in [2.45, 2.75) is 32.2 Å². The number of anilines is 1. The number of rotatable bonds is 7. The van der Waals surface area contributed by atoms with Gasteiger partial charge in [-0.3, -0.25) is 10.1 Å². The molecule has 0 unspecified atom stereocenters. The molecule has 0 fully saturated rings. The molecule has 0 bridgehead atoms. The van der Waals surface area contributed by atoms with E-state index in [9.17, 15) is 24.4 Å². The van der Waals surface area contributed by atoms with Crippen LogP contribution in [0, 0.1) is 15.9 Å². The van der Waals surface area contributed by atoms with Gasteiger partial charge in [-0.1, -0.05) is 13.8 Å². The molecule has 116 valence electrons. The van der Waals surface area contributed by atoms with Crippen molar-refractivity contribution in [2.75, 3.05) is 11.9 Å². The Hall–Kier alpha value is -2.22. The molecule has 8 heteroatoms. The van der Waals surface area contributed by atoms with Crippen LogP contribution in [0.25, 0.3) is 0 Å². The summed E-state index contributed by atoms with van der Waals surface area (Å²) in [6, 6.07) is 1.45. The van der Waals surface area contributed by atoms with E-state index in [4.69, 9.17) is 5.11 Å². The van der Waals surface area contributed by atoms with E-state index < -0.39 is 33.5 Å². The summed E-state index contributed by atoms with van der Waals surface area (Å²) in [5, 5.41) is 32.1. The van der Waals surface area contributed by atoms with Crippen molar-refractivity contribution in [1.29, 1.82) is 0 Å². The van der Waals surface area contributed by atoms with E-state index in [1.165, 1.54) is 0 Å². The Labute approximate surface area is 120 Å². The fourth-order valence-corrected chi connectivity index (χ4v) is 1.95. The van der Waals surface area contributed by atoms with Crippen LogP contribution in [0.15, 0.2) is 12.1 Å². The van der Waals surface area contributed by atoms with Gasteiger partial charge in [-0.05, 0) is 12.8 Å². The van der Waals surface area contributed by atoms with Gasteiger partial charge in [0, 0.05) is 12.1 Å². The molecule has 1 rings (SSSR count). The Morgan fingerprint density at radius 3 is 2.38 bits per heavy atom. The summed E-state index contributed by atoms with van der Waals surface area (Å²) in [5.74, 6) is -2.66. The zero-order chi connectivity index (χ0) is 16.2. The van der Waals surface area contributed by atoms with Crippen LogP contribution in [0.4, 0.5) is 15.8 Å². The second kappa shape index (κ2) is 6.49. The lowest BCUT2D eigenvalue weighted by Crippen LogP contribution is -2.41. The van der Waals surface area contributed by atoms with E-state index in [0.717, 1.165) is 6.07 Å². The zero-order valence-electron chi connectivity index (χ0n) is 11.7. The lowest BCUT2D eigenvalue weighted by molar-refractivity contribution is -0.384. The first kappa shape index (κ1) is 16.8. The molecule has 1 aromatic carbocycles. The van der Waals surface area contributed by atoms with Crippen LogP contribution in [-0.4, -0.2) is 33.3 Å². The van der Waals surface area contributed by atoms with Gasteiger partial charge in [0.2, 0.25) is 0 Å². The SMILES string of the molecule is CCC(CC)(CO)Nc1cc(F)c(C(=O)O)cc1[N+](=O)[O-]. The number of nitrogens with zero attached hydrogens (tertiary/aromatic N) is 1. The maximum absolute atomic E-state index is 13.7. The highest BCUT2D eigenvalue weighted by atomic mass is 19.1. The highest BCUT2D eigenvalue weighted by Crippen LogP contribution is 2.32. The normalized spacial score (nSPS) is 11.2. The third kappa shape index (κ3) is 3.46. The Kier molecular flexibility index (Phi) is 5.20. The second-order valence-corrected chi connectivity index (χ2v) is 4.68. The van der Waals surface area contributed by atoms with Crippen LogP contribution in [0.2, 0.25) is 0 Å². The van der Waals surface area contributed by atoms with Crippen molar-refractivity contribution in [3.8, 4) is 0 Å². The third-order valence-corrected chi connectivity index (χ3v) is 3.57. The van der Waals surface area contributed by atoms with Crippen molar-refractivity contribution in [2.24, 2.45) is 0 Å². The first-order chi connectivity index (χ1) is 9.80. The van der Waals surface area contributed by atoms with Crippen LogP contribution in [0.5, 0.6) is 0 Å². The largest absolute Gasteiger partial charge is 0.478 e. The van der Waals surface area contributed by atoms with Crippen molar-refractivity contribution in [3.63, 3.8) is 0 Å². The van der Waals surface area contributed by atoms with Crippen LogP contribution < -0.4 is 5.32 Å². The number of hydrogen-bond donors (Lipinski definition) is 3. The fraction of sp³-hybridized carbons (Fsp3) is 0.462. The molecule has 0 amide bonds. The van der Waals surface area contributed by atoms with Gasteiger partial charge in [0.15, 0.2) is 0 Å². The summed E-state index contributed by atoms with van der Waals surface area (Å²) in [5.41, 5.74) is -2.30. The predicted molar refractivity (Wildman–Crippen MR) is 74.0 cm³/mol. The molecule has 0 aliphatic heterocycles. The van der Waals surface area contributed by atoms with Crippen LogP contribution in [0.1, 0.15) is 37.0 Å². The van der Waals surface area contributed by atoms with Gasteiger partial charge in [0.05, 0.1) is 17.1 Å². The molecule has 0 spiro atoms. The minimum atomic E-state index is -1.58. The predicted octanol–water partition coefficient (Wildman–Crippen LogP) is 2.40. The molecule has 0 radical (unpaired) electrons. The number of carboxylic acid groups (broad SMARTS) is 1. The van der Waals surface area contributed by atoms with Crippen LogP contribution in [-0.2, 0) is 0 Å². The summed E-state index contributed by atoms with van der Waals surface area (Å²) in [6.07, 6.45) is 0.916. The number of nitrogens with one attached hydrogen (secondary N) is 1. The molecule has 0 saturated carbocycles. The lowest BCUT2D eigenvalue weighted by atomic mass is 9.93. The number of carbonyl (C=O) groups is 1. The maximum atomic E-state index is 13.7.